The van der Waals surface area contributed by atoms with Crippen LogP contribution in [0.25, 0.3) is 11.4 Å². The van der Waals surface area contributed by atoms with Crippen molar-refractivity contribution < 1.29 is 4.79 Å². The Morgan fingerprint density at radius 3 is 2.91 bits per heavy atom. The van der Waals surface area contributed by atoms with Crippen LogP contribution in [0.1, 0.15) is 29.4 Å². The highest BCUT2D eigenvalue weighted by atomic mass is 16.1. The van der Waals surface area contributed by atoms with Gasteiger partial charge in [-0.2, -0.15) is 5.10 Å². The fraction of sp³-hybridized carbons (Fsp3) is 0.176. The largest absolute Gasteiger partial charge is 0.319 e. The van der Waals surface area contributed by atoms with Gasteiger partial charge in [0.25, 0.3) is 5.91 Å². The maximum atomic E-state index is 12.5. The number of nitrogens with one attached hydrogen (secondary N) is 2. The molecule has 0 saturated carbocycles. The van der Waals surface area contributed by atoms with E-state index in [-0.39, 0.29) is 5.91 Å². The Morgan fingerprint density at radius 1 is 1.22 bits per heavy atom. The summed E-state index contributed by atoms with van der Waals surface area (Å²) in [6, 6.07) is 9.10. The summed E-state index contributed by atoms with van der Waals surface area (Å²) in [4.78, 5) is 21.0. The molecule has 0 aliphatic carbocycles. The topological polar surface area (TPSA) is 83.6 Å². The lowest BCUT2D eigenvalue weighted by atomic mass is 10.1. The van der Waals surface area contributed by atoms with Crippen molar-refractivity contribution in [2.75, 3.05) is 5.32 Å². The molecule has 116 valence electrons. The first-order chi connectivity index (χ1) is 11.3. The third kappa shape index (κ3) is 3.42. The number of carbonyl (C=O) groups excluding carboxylic acids is 1. The molecule has 0 aliphatic heterocycles. The monoisotopic (exact) mass is 307 g/mol. The predicted molar refractivity (Wildman–Crippen MR) is 88.0 cm³/mol. The standard InChI is InChI=1S/C17H17N5O/c1-2-5-13-10-12(7-9-18-13)17(23)21-15-11-20-22-16(15)14-6-3-4-8-19-14/h3-4,6-11H,2,5H2,1H3,(H,20,22)(H,21,23). The van der Waals surface area contributed by atoms with E-state index in [0.717, 1.165) is 24.2 Å². The van der Waals surface area contributed by atoms with Crippen LogP contribution in [0.3, 0.4) is 0 Å². The summed E-state index contributed by atoms with van der Waals surface area (Å²) >= 11 is 0. The van der Waals surface area contributed by atoms with Crippen LogP contribution in [0.5, 0.6) is 0 Å². The van der Waals surface area contributed by atoms with Gasteiger partial charge in [0.1, 0.15) is 5.69 Å². The van der Waals surface area contributed by atoms with Gasteiger partial charge in [0.05, 0.1) is 17.6 Å². The number of hydrogen-bond acceptors (Lipinski definition) is 4. The lowest BCUT2D eigenvalue weighted by Gasteiger charge is -2.06. The van der Waals surface area contributed by atoms with E-state index in [0.29, 0.717) is 16.9 Å². The number of rotatable bonds is 5. The second-order valence-corrected chi connectivity index (χ2v) is 5.11. The minimum Gasteiger partial charge on any atom is -0.319 e. The molecule has 0 radical (unpaired) electrons. The van der Waals surface area contributed by atoms with E-state index in [1.54, 1.807) is 24.7 Å². The van der Waals surface area contributed by atoms with Crippen molar-refractivity contribution >= 4 is 11.6 Å². The van der Waals surface area contributed by atoms with Crippen molar-refractivity contribution in [3.05, 3.63) is 60.2 Å². The van der Waals surface area contributed by atoms with E-state index in [1.165, 1.54) is 0 Å². The van der Waals surface area contributed by atoms with Crippen molar-refractivity contribution in [2.24, 2.45) is 0 Å². The van der Waals surface area contributed by atoms with Gasteiger partial charge in [-0.05, 0) is 30.7 Å². The summed E-state index contributed by atoms with van der Waals surface area (Å²) in [7, 11) is 0. The van der Waals surface area contributed by atoms with Crippen LogP contribution in [-0.2, 0) is 6.42 Å². The Hall–Kier alpha value is -3.02. The van der Waals surface area contributed by atoms with Crippen LogP contribution in [0, 0.1) is 0 Å². The van der Waals surface area contributed by atoms with E-state index in [9.17, 15) is 4.79 Å². The molecule has 2 N–H and O–H groups in total. The van der Waals surface area contributed by atoms with Crippen molar-refractivity contribution in [3.63, 3.8) is 0 Å². The van der Waals surface area contributed by atoms with Gasteiger partial charge in [0.15, 0.2) is 0 Å². The van der Waals surface area contributed by atoms with Gasteiger partial charge in [-0.1, -0.05) is 19.4 Å². The second-order valence-electron chi connectivity index (χ2n) is 5.11. The Balaban J connectivity index is 1.82. The third-order valence-corrected chi connectivity index (χ3v) is 3.39. The van der Waals surface area contributed by atoms with Crippen molar-refractivity contribution in [2.45, 2.75) is 19.8 Å². The van der Waals surface area contributed by atoms with E-state index in [1.807, 2.05) is 24.3 Å². The molecule has 0 aromatic carbocycles. The number of aryl methyl sites for hydroxylation is 1. The Labute approximate surface area is 134 Å². The Kier molecular flexibility index (Phi) is 4.42. The molecule has 0 fully saturated rings. The van der Waals surface area contributed by atoms with Crippen molar-refractivity contribution in [1.82, 2.24) is 20.2 Å². The van der Waals surface area contributed by atoms with Crippen molar-refractivity contribution in [1.29, 1.82) is 0 Å². The van der Waals surface area contributed by atoms with Gasteiger partial charge in [-0.25, -0.2) is 0 Å². The molecule has 6 nitrogen and oxygen atoms in total. The summed E-state index contributed by atoms with van der Waals surface area (Å²) in [6.45, 7) is 2.08. The highest BCUT2D eigenvalue weighted by Gasteiger charge is 2.13. The zero-order chi connectivity index (χ0) is 16.1. The lowest BCUT2D eigenvalue weighted by Crippen LogP contribution is -2.12. The maximum absolute atomic E-state index is 12.5. The molecule has 0 bridgehead atoms. The number of anilines is 1. The van der Waals surface area contributed by atoms with Gasteiger partial charge < -0.3 is 5.32 Å². The molecule has 3 aromatic rings. The van der Waals surface area contributed by atoms with Crippen LogP contribution in [-0.4, -0.2) is 26.1 Å². The first-order valence-corrected chi connectivity index (χ1v) is 7.49. The van der Waals surface area contributed by atoms with E-state index >= 15 is 0 Å². The molecule has 0 aliphatic rings. The Morgan fingerprint density at radius 2 is 2.13 bits per heavy atom. The smallest absolute Gasteiger partial charge is 0.255 e. The average molecular weight is 307 g/mol. The van der Waals surface area contributed by atoms with E-state index in [2.05, 4.69) is 32.4 Å². The lowest BCUT2D eigenvalue weighted by molar-refractivity contribution is 0.102. The average Bonchev–Trinajstić information content (AvgIpc) is 3.04. The van der Waals surface area contributed by atoms with Gasteiger partial charge in [0.2, 0.25) is 0 Å². The molecular formula is C17H17N5O. The molecule has 6 heteroatoms. The first-order valence-electron chi connectivity index (χ1n) is 7.49. The molecule has 0 atom stereocenters. The zero-order valence-electron chi connectivity index (χ0n) is 12.8. The molecular weight excluding hydrogens is 290 g/mol. The normalized spacial score (nSPS) is 10.5. The number of aromatic amines is 1. The van der Waals surface area contributed by atoms with Crippen LogP contribution >= 0.6 is 0 Å². The highest BCUT2D eigenvalue weighted by Crippen LogP contribution is 2.23. The van der Waals surface area contributed by atoms with Crippen molar-refractivity contribution in [3.8, 4) is 11.4 Å². The van der Waals surface area contributed by atoms with Gasteiger partial charge in [-0.15, -0.1) is 0 Å². The summed E-state index contributed by atoms with van der Waals surface area (Å²) < 4.78 is 0. The Bertz CT molecular complexity index is 798. The zero-order valence-corrected chi connectivity index (χ0v) is 12.8. The molecule has 0 unspecified atom stereocenters. The van der Waals surface area contributed by atoms with Gasteiger partial charge >= 0.3 is 0 Å². The number of pyridine rings is 2. The minimum atomic E-state index is -0.191. The first kappa shape index (κ1) is 14.9. The number of H-pyrrole nitrogens is 1. The van der Waals surface area contributed by atoms with Crippen LogP contribution < -0.4 is 5.32 Å². The summed E-state index contributed by atoms with van der Waals surface area (Å²) in [6.07, 6.45) is 6.78. The fourth-order valence-electron chi connectivity index (χ4n) is 2.29. The summed E-state index contributed by atoms with van der Waals surface area (Å²) in [5.41, 5.74) is 3.50. The molecule has 3 aromatic heterocycles. The fourth-order valence-corrected chi connectivity index (χ4v) is 2.29. The van der Waals surface area contributed by atoms with E-state index < -0.39 is 0 Å². The number of aromatic nitrogens is 4. The molecule has 23 heavy (non-hydrogen) atoms. The molecule has 3 heterocycles. The van der Waals surface area contributed by atoms with Gasteiger partial charge in [-0.3, -0.25) is 19.9 Å². The molecule has 3 rings (SSSR count). The van der Waals surface area contributed by atoms with Crippen LogP contribution in [0.4, 0.5) is 5.69 Å². The number of nitrogens with zero attached hydrogens (tertiary/aromatic N) is 3. The van der Waals surface area contributed by atoms with Crippen LogP contribution in [0.2, 0.25) is 0 Å². The second kappa shape index (κ2) is 6.83. The summed E-state index contributed by atoms with van der Waals surface area (Å²) in [5.74, 6) is -0.191. The van der Waals surface area contributed by atoms with Crippen LogP contribution in [0.15, 0.2) is 48.9 Å². The third-order valence-electron chi connectivity index (χ3n) is 3.39. The quantitative estimate of drug-likeness (QED) is 0.758. The molecule has 1 amide bonds. The number of hydrogen-bond donors (Lipinski definition) is 2. The summed E-state index contributed by atoms with van der Waals surface area (Å²) in [5, 5.41) is 9.75. The SMILES string of the molecule is CCCc1cc(C(=O)Nc2cn[nH]c2-c2ccccn2)ccn1. The number of carbonyl (C=O) groups is 1. The number of amides is 1. The molecule has 0 spiro atoms. The highest BCUT2D eigenvalue weighted by molar-refractivity contribution is 6.05. The van der Waals surface area contributed by atoms with E-state index in [4.69, 9.17) is 0 Å². The maximum Gasteiger partial charge on any atom is 0.255 e. The molecule has 0 saturated heterocycles. The predicted octanol–water partition coefficient (Wildman–Crippen LogP) is 3.07. The van der Waals surface area contributed by atoms with Gasteiger partial charge in [0, 0.05) is 23.7 Å². The minimum absolute atomic E-state index is 0.191.